The van der Waals surface area contributed by atoms with Crippen molar-refractivity contribution in [1.82, 2.24) is 30.6 Å². The van der Waals surface area contributed by atoms with E-state index in [1.807, 2.05) is 44.7 Å². The molecule has 2 amide bonds. The summed E-state index contributed by atoms with van der Waals surface area (Å²) in [6.07, 6.45) is 3.98. The number of benzene rings is 3. The Kier molecular flexibility index (Phi) is 15.9. The molecule has 1 aromatic heterocycles. The van der Waals surface area contributed by atoms with Gasteiger partial charge < -0.3 is 30.5 Å². The SMILES string of the molecule is CC(N=O)C(C)(C)NCCC(CCNC(=O)N1CCN(c2cnn(-c3ccc(Cl)cc3)c(=O)c2Oc2ccc(-c3ccc(F)cc3)cc2)CC1)CCNC(C)(C)C(C)N=O. The minimum Gasteiger partial charge on any atom is -0.449 e. The molecule has 1 aliphatic rings. The number of anilines is 1. The second-order valence-electron chi connectivity index (χ2n) is 16.5. The molecule has 1 saturated heterocycles. The van der Waals surface area contributed by atoms with Gasteiger partial charge in [0.05, 0.1) is 11.9 Å². The number of urea groups is 1. The van der Waals surface area contributed by atoms with Gasteiger partial charge in [-0.05, 0) is 139 Å². The van der Waals surface area contributed by atoms with Crippen LogP contribution >= 0.6 is 11.6 Å². The molecule has 2 heterocycles. The predicted octanol–water partition coefficient (Wildman–Crippen LogP) is 8.15. The number of hydrogen-bond donors (Lipinski definition) is 3. The van der Waals surface area contributed by atoms with Crippen LogP contribution in [-0.4, -0.2) is 89.7 Å². The van der Waals surface area contributed by atoms with Gasteiger partial charge in [-0.1, -0.05) is 46.2 Å². The number of nitroso groups, excluding NO2 is 2. The van der Waals surface area contributed by atoms with Crippen LogP contribution in [0.4, 0.5) is 14.9 Å². The Bertz CT molecular complexity index is 2060. The van der Waals surface area contributed by atoms with Crippen LogP contribution in [-0.2, 0) is 0 Å². The van der Waals surface area contributed by atoms with E-state index in [1.54, 1.807) is 73.5 Å². The van der Waals surface area contributed by atoms with Crippen molar-refractivity contribution in [3.63, 3.8) is 0 Å². The number of piperazine rings is 1. The van der Waals surface area contributed by atoms with Gasteiger partial charge >= 0.3 is 11.6 Å². The molecule has 2 unspecified atom stereocenters. The zero-order valence-corrected chi connectivity index (χ0v) is 36.0. The lowest BCUT2D eigenvalue weighted by molar-refractivity contribution is 0.193. The van der Waals surface area contributed by atoms with E-state index in [9.17, 15) is 23.8 Å². The molecular formula is C44H57ClFN9O5. The monoisotopic (exact) mass is 845 g/mol. The summed E-state index contributed by atoms with van der Waals surface area (Å²) in [5.74, 6) is 0.446. The summed E-state index contributed by atoms with van der Waals surface area (Å²) in [6.45, 7) is 14.9. The number of halogens is 2. The first-order valence-corrected chi connectivity index (χ1v) is 20.8. The summed E-state index contributed by atoms with van der Waals surface area (Å²) in [7, 11) is 0. The summed E-state index contributed by atoms with van der Waals surface area (Å²) in [4.78, 5) is 53.7. The fraction of sp³-hybridized carbons (Fsp3) is 0.477. The molecule has 1 aliphatic heterocycles. The fourth-order valence-electron chi connectivity index (χ4n) is 6.83. The van der Waals surface area contributed by atoms with E-state index in [0.29, 0.717) is 68.0 Å². The summed E-state index contributed by atoms with van der Waals surface area (Å²) >= 11 is 6.12. The number of aromatic nitrogens is 2. The molecule has 5 rings (SSSR count). The molecule has 0 saturated carbocycles. The molecule has 0 radical (unpaired) electrons. The Balaban J connectivity index is 1.23. The highest BCUT2D eigenvalue weighted by Crippen LogP contribution is 2.31. The number of ether oxygens (including phenoxy) is 1. The van der Waals surface area contributed by atoms with Crippen molar-refractivity contribution in [2.75, 3.05) is 50.7 Å². The Morgan fingerprint density at radius 2 is 1.32 bits per heavy atom. The molecule has 2 atom stereocenters. The lowest BCUT2D eigenvalue weighted by Crippen LogP contribution is -2.52. The minimum atomic E-state index is -0.463. The number of nitrogens with zero attached hydrogens (tertiary/aromatic N) is 6. The summed E-state index contributed by atoms with van der Waals surface area (Å²) in [5, 5.41) is 21.5. The predicted molar refractivity (Wildman–Crippen MR) is 236 cm³/mol. The van der Waals surface area contributed by atoms with Crippen molar-refractivity contribution in [3.05, 3.63) is 110 Å². The molecule has 16 heteroatoms. The zero-order valence-electron chi connectivity index (χ0n) is 35.3. The van der Waals surface area contributed by atoms with E-state index in [-0.39, 0.29) is 23.5 Å². The first-order valence-electron chi connectivity index (χ1n) is 20.5. The molecule has 1 fully saturated rings. The van der Waals surface area contributed by atoms with Crippen LogP contribution in [0.2, 0.25) is 5.02 Å². The van der Waals surface area contributed by atoms with E-state index in [2.05, 4.69) is 31.4 Å². The number of hydrogen-bond acceptors (Lipinski definition) is 11. The van der Waals surface area contributed by atoms with Gasteiger partial charge in [0, 0.05) is 48.8 Å². The Morgan fingerprint density at radius 3 is 1.85 bits per heavy atom. The first kappa shape index (κ1) is 45.8. The smallest absolute Gasteiger partial charge is 0.317 e. The molecule has 60 heavy (non-hydrogen) atoms. The normalized spacial score (nSPS) is 14.9. The highest BCUT2D eigenvalue weighted by Gasteiger charge is 2.29. The third kappa shape index (κ3) is 12.2. The van der Waals surface area contributed by atoms with Gasteiger partial charge in [-0.2, -0.15) is 19.6 Å². The number of rotatable bonds is 20. The number of nitrogens with one attached hydrogen (secondary N) is 3. The van der Waals surface area contributed by atoms with E-state index in [4.69, 9.17) is 16.3 Å². The highest BCUT2D eigenvalue weighted by molar-refractivity contribution is 6.30. The van der Waals surface area contributed by atoms with Crippen molar-refractivity contribution in [2.45, 2.75) is 84.0 Å². The number of amides is 2. The molecule has 0 spiro atoms. The second kappa shape index (κ2) is 20.8. The minimum absolute atomic E-state index is 0.0861. The summed E-state index contributed by atoms with van der Waals surface area (Å²) < 4.78 is 21.1. The molecule has 322 valence electrons. The van der Waals surface area contributed by atoms with Crippen LogP contribution in [0.15, 0.2) is 94.1 Å². The molecular weight excluding hydrogens is 789 g/mol. The number of carbonyl (C=O) groups is 1. The van der Waals surface area contributed by atoms with Crippen LogP contribution in [0.1, 0.15) is 60.8 Å². The van der Waals surface area contributed by atoms with Crippen LogP contribution < -0.4 is 31.1 Å². The van der Waals surface area contributed by atoms with Crippen LogP contribution in [0.5, 0.6) is 11.5 Å². The molecule has 14 nitrogen and oxygen atoms in total. The molecule has 4 aromatic rings. The fourth-order valence-corrected chi connectivity index (χ4v) is 6.95. The lowest BCUT2D eigenvalue weighted by Gasteiger charge is -2.36. The van der Waals surface area contributed by atoms with E-state index in [1.165, 1.54) is 16.8 Å². The van der Waals surface area contributed by atoms with Crippen molar-refractivity contribution < 1.29 is 13.9 Å². The average Bonchev–Trinajstić information content (AvgIpc) is 3.24. The van der Waals surface area contributed by atoms with Gasteiger partial charge in [0.1, 0.15) is 29.3 Å². The Labute approximate surface area is 356 Å². The van der Waals surface area contributed by atoms with E-state index < -0.39 is 28.7 Å². The second-order valence-corrected chi connectivity index (χ2v) is 16.9. The largest absolute Gasteiger partial charge is 0.449 e. The van der Waals surface area contributed by atoms with Gasteiger partial charge in [-0.15, -0.1) is 0 Å². The molecule has 3 aromatic carbocycles. The quantitative estimate of drug-likeness (QED) is 0.0746. The Morgan fingerprint density at radius 1 is 0.800 bits per heavy atom. The molecule has 0 aliphatic carbocycles. The maximum Gasteiger partial charge on any atom is 0.317 e. The van der Waals surface area contributed by atoms with Gasteiger partial charge in [-0.25, -0.2) is 9.18 Å². The lowest BCUT2D eigenvalue weighted by atomic mass is 9.92. The topological polar surface area (TPSA) is 163 Å². The van der Waals surface area contributed by atoms with Crippen molar-refractivity contribution in [3.8, 4) is 28.3 Å². The van der Waals surface area contributed by atoms with Gasteiger partial charge in [-0.3, -0.25) is 4.79 Å². The highest BCUT2D eigenvalue weighted by atomic mass is 35.5. The van der Waals surface area contributed by atoms with Crippen molar-refractivity contribution in [1.29, 1.82) is 0 Å². The zero-order chi connectivity index (χ0) is 43.5. The average molecular weight is 846 g/mol. The third-order valence-electron chi connectivity index (χ3n) is 11.6. The van der Waals surface area contributed by atoms with Gasteiger partial charge in [0.15, 0.2) is 0 Å². The maximum absolute atomic E-state index is 14.1. The summed E-state index contributed by atoms with van der Waals surface area (Å²) in [5.41, 5.74) is 1.34. The maximum atomic E-state index is 14.1. The van der Waals surface area contributed by atoms with Gasteiger partial charge in [0.2, 0.25) is 5.75 Å². The summed E-state index contributed by atoms with van der Waals surface area (Å²) in [6, 6.07) is 19.2. The van der Waals surface area contributed by atoms with Crippen molar-refractivity contribution in [2.24, 2.45) is 16.3 Å². The van der Waals surface area contributed by atoms with E-state index >= 15 is 0 Å². The van der Waals surface area contributed by atoms with Gasteiger partial charge in [0.25, 0.3) is 0 Å². The molecule has 3 N–H and O–H groups in total. The van der Waals surface area contributed by atoms with Crippen molar-refractivity contribution >= 4 is 23.3 Å². The van der Waals surface area contributed by atoms with E-state index in [0.717, 1.165) is 30.4 Å². The number of carbonyl (C=O) groups excluding carboxylic acids is 1. The van der Waals surface area contributed by atoms with Crippen LogP contribution in [0, 0.1) is 21.5 Å². The standard InChI is InChI=1S/C44H57ClFN9O5/c1-30(51-58)43(3,4)48-23-20-32(21-24-49-44(5,6)31(2)52-59)19-22-47-42(57)54-27-25-53(26-28-54)39-29-50-55(37-15-11-35(45)12-16-37)41(56)40(39)60-38-17-9-34(10-18-38)33-7-13-36(46)14-8-33/h7-18,29-32,48-49H,19-28H2,1-6H3,(H,47,57). The Hall–Kier alpha value is -5.25. The van der Waals surface area contributed by atoms with Crippen LogP contribution in [0.25, 0.3) is 16.8 Å². The molecule has 0 bridgehead atoms. The third-order valence-corrected chi connectivity index (χ3v) is 11.9. The first-order chi connectivity index (χ1) is 28.6. The van der Waals surface area contributed by atoms with Crippen LogP contribution in [0.3, 0.4) is 0 Å².